The van der Waals surface area contributed by atoms with Crippen molar-refractivity contribution in [1.29, 1.82) is 0 Å². The fourth-order valence-corrected chi connectivity index (χ4v) is 1.34. The van der Waals surface area contributed by atoms with E-state index in [2.05, 4.69) is 32.6 Å². The van der Waals surface area contributed by atoms with Crippen molar-refractivity contribution in [1.82, 2.24) is 0 Å². The Kier molecular flexibility index (Phi) is 3.91. The largest absolute Gasteiger partial charge is 0.252 e. The minimum absolute atomic E-state index is 0.100. The molecule has 0 aliphatic carbocycles. The van der Waals surface area contributed by atoms with Crippen LogP contribution in [0.25, 0.3) is 0 Å². The van der Waals surface area contributed by atoms with Crippen molar-refractivity contribution in [2.24, 2.45) is 11.3 Å². The Morgan fingerprint density at radius 1 is 1.40 bits per heavy atom. The van der Waals surface area contributed by atoms with Gasteiger partial charge < -0.3 is 0 Å². The lowest BCUT2D eigenvalue weighted by Gasteiger charge is -2.24. The lowest BCUT2D eigenvalue weighted by atomic mass is 9.85. The molecule has 62 valence electrons. The standard InChI is InChI=1S/C8H18O2/c1-7(2)5-8(3,4)6-10-9/h7,9H,5-6H2,1-4H3. The third kappa shape index (κ3) is 4.77. The quantitative estimate of drug-likeness (QED) is 0.488. The lowest BCUT2D eigenvalue weighted by Crippen LogP contribution is -2.20. The molecule has 2 nitrogen and oxygen atoms in total. The minimum atomic E-state index is 0.100. The van der Waals surface area contributed by atoms with Gasteiger partial charge in [-0.2, -0.15) is 0 Å². The van der Waals surface area contributed by atoms with Gasteiger partial charge in [-0.05, 0) is 17.8 Å². The molecule has 10 heavy (non-hydrogen) atoms. The molecule has 0 saturated carbocycles. The molecule has 1 N–H and O–H groups in total. The van der Waals surface area contributed by atoms with E-state index >= 15 is 0 Å². The maximum Gasteiger partial charge on any atom is 0.0870 e. The van der Waals surface area contributed by atoms with E-state index in [9.17, 15) is 0 Å². The zero-order chi connectivity index (χ0) is 8.20. The third-order valence-electron chi connectivity index (χ3n) is 1.42. The Morgan fingerprint density at radius 2 is 1.90 bits per heavy atom. The molecule has 0 bridgehead atoms. The second-order valence-electron chi connectivity index (χ2n) is 4.04. The summed E-state index contributed by atoms with van der Waals surface area (Å²) < 4.78 is 0. The van der Waals surface area contributed by atoms with Crippen LogP contribution in [0.2, 0.25) is 0 Å². The summed E-state index contributed by atoms with van der Waals surface area (Å²) in [6.07, 6.45) is 1.08. The number of rotatable bonds is 4. The average Bonchev–Trinajstić information content (AvgIpc) is 1.59. The third-order valence-corrected chi connectivity index (χ3v) is 1.42. The van der Waals surface area contributed by atoms with Gasteiger partial charge >= 0.3 is 0 Å². The van der Waals surface area contributed by atoms with Crippen molar-refractivity contribution in [3.8, 4) is 0 Å². The van der Waals surface area contributed by atoms with Crippen LogP contribution in [0.1, 0.15) is 34.1 Å². The molecule has 0 aliphatic rings. The van der Waals surface area contributed by atoms with Gasteiger partial charge in [0.1, 0.15) is 0 Å². The lowest BCUT2D eigenvalue weighted by molar-refractivity contribution is -0.260. The molecule has 0 radical (unpaired) electrons. The molecule has 0 amide bonds. The number of hydrogen-bond donors (Lipinski definition) is 1. The second-order valence-corrected chi connectivity index (χ2v) is 4.04. The molecule has 0 aromatic carbocycles. The van der Waals surface area contributed by atoms with Crippen LogP contribution in [0.3, 0.4) is 0 Å². The second kappa shape index (κ2) is 3.94. The smallest absolute Gasteiger partial charge is 0.0870 e. The molecule has 0 spiro atoms. The molecular weight excluding hydrogens is 128 g/mol. The van der Waals surface area contributed by atoms with E-state index in [0.717, 1.165) is 6.42 Å². The van der Waals surface area contributed by atoms with Gasteiger partial charge in [-0.3, -0.25) is 5.26 Å². The molecule has 0 aliphatic heterocycles. The highest BCUT2D eigenvalue weighted by Gasteiger charge is 2.19. The van der Waals surface area contributed by atoms with Crippen molar-refractivity contribution in [3.63, 3.8) is 0 Å². The molecule has 0 fully saturated rings. The van der Waals surface area contributed by atoms with Gasteiger partial charge in [0.2, 0.25) is 0 Å². The highest BCUT2D eigenvalue weighted by atomic mass is 17.1. The Balaban J connectivity index is 3.63. The fourth-order valence-electron chi connectivity index (χ4n) is 1.34. The van der Waals surface area contributed by atoms with Crippen LogP contribution in [-0.4, -0.2) is 11.9 Å². The van der Waals surface area contributed by atoms with Crippen LogP contribution >= 0.6 is 0 Å². The normalized spacial score (nSPS) is 12.6. The van der Waals surface area contributed by atoms with E-state index in [1.807, 2.05) is 0 Å². The van der Waals surface area contributed by atoms with E-state index < -0.39 is 0 Å². The van der Waals surface area contributed by atoms with Crippen LogP contribution in [0.5, 0.6) is 0 Å². The van der Waals surface area contributed by atoms with Crippen LogP contribution in [0.15, 0.2) is 0 Å². The SMILES string of the molecule is CC(C)CC(C)(C)COO. The molecule has 0 saturated heterocycles. The minimum Gasteiger partial charge on any atom is -0.252 e. The summed E-state index contributed by atoms with van der Waals surface area (Å²) in [5, 5.41) is 8.21. The summed E-state index contributed by atoms with van der Waals surface area (Å²) in [5.74, 6) is 0.658. The Bertz CT molecular complexity index is 87.3. The van der Waals surface area contributed by atoms with Gasteiger partial charge in [0.05, 0.1) is 6.61 Å². The summed E-state index contributed by atoms with van der Waals surface area (Å²) in [7, 11) is 0. The van der Waals surface area contributed by atoms with Crippen LogP contribution in [0.4, 0.5) is 0 Å². The van der Waals surface area contributed by atoms with E-state index in [1.54, 1.807) is 0 Å². The zero-order valence-electron chi connectivity index (χ0n) is 7.35. The highest BCUT2D eigenvalue weighted by Crippen LogP contribution is 2.24. The van der Waals surface area contributed by atoms with E-state index in [4.69, 9.17) is 5.26 Å². The predicted octanol–water partition coefficient (Wildman–Crippen LogP) is 2.55. The summed E-state index contributed by atoms with van der Waals surface area (Å²) >= 11 is 0. The maximum atomic E-state index is 8.21. The van der Waals surface area contributed by atoms with E-state index in [0.29, 0.717) is 12.5 Å². The average molecular weight is 146 g/mol. The monoisotopic (exact) mass is 146 g/mol. The van der Waals surface area contributed by atoms with Crippen molar-refractivity contribution < 1.29 is 10.1 Å². The molecule has 2 heteroatoms. The molecule has 0 heterocycles. The molecule has 0 unspecified atom stereocenters. The summed E-state index contributed by atoms with van der Waals surface area (Å²) in [4.78, 5) is 4.11. The van der Waals surface area contributed by atoms with Crippen LogP contribution < -0.4 is 0 Å². The van der Waals surface area contributed by atoms with Gasteiger partial charge in [-0.25, -0.2) is 4.89 Å². The van der Waals surface area contributed by atoms with Crippen LogP contribution in [0, 0.1) is 11.3 Å². The molecule has 0 aromatic heterocycles. The first-order valence-electron chi connectivity index (χ1n) is 3.74. The van der Waals surface area contributed by atoms with Crippen molar-refractivity contribution in [3.05, 3.63) is 0 Å². The maximum absolute atomic E-state index is 8.21. The predicted molar refractivity (Wildman–Crippen MR) is 41.8 cm³/mol. The zero-order valence-corrected chi connectivity index (χ0v) is 7.35. The molecular formula is C8H18O2. The molecule has 0 atom stereocenters. The number of hydrogen-bond acceptors (Lipinski definition) is 2. The van der Waals surface area contributed by atoms with Crippen molar-refractivity contribution in [2.45, 2.75) is 34.1 Å². The van der Waals surface area contributed by atoms with E-state index in [1.165, 1.54) is 0 Å². The van der Waals surface area contributed by atoms with Gasteiger partial charge in [0.15, 0.2) is 0 Å². The Morgan fingerprint density at radius 3 is 2.20 bits per heavy atom. The highest BCUT2D eigenvalue weighted by molar-refractivity contribution is 4.68. The Hall–Kier alpha value is -0.0800. The topological polar surface area (TPSA) is 29.5 Å². The molecule has 0 rings (SSSR count). The first kappa shape index (κ1) is 9.92. The Labute approximate surface area is 63.1 Å². The van der Waals surface area contributed by atoms with Crippen molar-refractivity contribution in [2.75, 3.05) is 6.61 Å². The van der Waals surface area contributed by atoms with Crippen LogP contribution in [-0.2, 0) is 4.89 Å². The summed E-state index contributed by atoms with van der Waals surface area (Å²) in [5.41, 5.74) is 0.100. The van der Waals surface area contributed by atoms with E-state index in [-0.39, 0.29) is 5.41 Å². The fraction of sp³-hybridized carbons (Fsp3) is 1.00. The van der Waals surface area contributed by atoms with Gasteiger partial charge in [0, 0.05) is 0 Å². The van der Waals surface area contributed by atoms with Gasteiger partial charge in [0.25, 0.3) is 0 Å². The first-order valence-corrected chi connectivity index (χ1v) is 3.74. The van der Waals surface area contributed by atoms with Gasteiger partial charge in [-0.15, -0.1) is 0 Å². The first-order chi connectivity index (χ1) is 4.48. The van der Waals surface area contributed by atoms with Gasteiger partial charge in [-0.1, -0.05) is 27.7 Å². The van der Waals surface area contributed by atoms with Crippen molar-refractivity contribution >= 4 is 0 Å². The molecule has 0 aromatic rings. The summed E-state index contributed by atoms with van der Waals surface area (Å²) in [6, 6.07) is 0. The summed E-state index contributed by atoms with van der Waals surface area (Å²) in [6.45, 7) is 8.93.